The Morgan fingerprint density at radius 1 is 1.11 bits per heavy atom. The summed E-state index contributed by atoms with van der Waals surface area (Å²) in [6.07, 6.45) is 6.12. The van der Waals surface area contributed by atoms with Crippen molar-refractivity contribution in [2.24, 2.45) is 5.73 Å². The predicted octanol–water partition coefficient (Wildman–Crippen LogP) is 4.38. The number of nitrogens with one attached hydrogen (secondary N) is 1. The molecule has 4 rings (SSSR count). The first-order chi connectivity index (χ1) is 13.7. The van der Waals surface area contributed by atoms with Crippen LogP contribution in [-0.4, -0.2) is 27.5 Å². The van der Waals surface area contributed by atoms with Gasteiger partial charge in [0.15, 0.2) is 5.82 Å². The van der Waals surface area contributed by atoms with E-state index >= 15 is 0 Å². The molecule has 1 atom stereocenters. The lowest BCUT2D eigenvalue weighted by Gasteiger charge is -2.14. The molecule has 1 aromatic carbocycles. The standard InChI is InChI=1S/C22H21N5S/c1-2-16-14-28-20-19(16)26-21(17-8-10-24-11-9-17)27-22(20)25-13-18(23)12-15-6-4-3-5-7-15/h2-11,14,18H,1,12-13,23H2,(H,25,26,27). The average Bonchev–Trinajstić information content (AvgIpc) is 3.16. The van der Waals surface area contributed by atoms with Gasteiger partial charge in [-0.3, -0.25) is 4.98 Å². The van der Waals surface area contributed by atoms with Gasteiger partial charge in [-0.05, 0) is 24.1 Å². The third-order valence-corrected chi connectivity index (χ3v) is 5.47. The van der Waals surface area contributed by atoms with E-state index in [9.17, 15) is 0 Å². The first kappa shape index (κ1) is 18.3. The second-order valence-electron chi connectivity index (χ2n) is 6.54. The van der Waals surface area contributed by atoms with E-state index in [0.29, 0.717) is 12.4 Å². The fourth-order valence-corrected chi connectivity index (χ4v) is 4.00. The second-order valence-corrected chi connectivity index (χ2v) is 7.41. The van der Waals surface area contributed by atoms with E-state index in [4.69, 9.17) is 15.7 Å². The Hall–Kier alpha value is -3.09. The van der Waals surface area contributed by atoms with Crippen LogP contribution in [0.2, 0.25) is 0 Å². The molecule has 3 aromatic heterocycles. The molecule has 140 valence electrons. The van der Waals surface area contributed by atoms with Crippen molar-refractivity contribution in [2.45, 2.75) is 12.5 Å². The maximum atomic E-state index is 6.35. The molecule has 0 radical (unpaired) electrons. The Bertz CT molecular complexity index is 1080. The molecule has 6 heteroatoms. The highest BCUT2D eigenvalue weighted by molar-refractivity contribution is 7.18. The zero-order valence-corrected chi connectivity index (χ0v) is 16.2. The number of fused-ring (bicyclic) bond motifs is 1. The van der Waals surface area contributed by atoms with Gasteiger partial charge in [-0.25, -0.2) is 9.97 Å². The summed E-state index contributed by atoms with van der Waals surface area (Å²) in [5, 5.41) is 5.49. The van der Waals surface area contributed by atoms with Crippen LogP contribution in [0.5, 0.6) is 0 Å². The van der Waals surface area contributed by atoms with E-state index in [0.717, 1.165) is 33.6 Å². The third-order valence-electron chi connectivity index (χ3n) is 4.47. The average molecular weight is 388 g/mol. The minimum Gasteiger partial charge on any atom is -0.367 e. The summed E-state index contributed by atoms with van der Waals surface area (Å²) in [7, 11) is 0. The van der Waals surface area contributed by atoms with Crippen LogP contribution in [0.3, 0.4) is 0 Å². The zero-order valence-electron chi connectivity index (χ0n) is 15.4. The number of anilines is 1. The first-order valence-corrected chi connectivity index (χ1v) is 9.98. The first-order valence-electron chi connectivity index (χ1n) is 9.10. The van der Waals surface area contributed by atoms with Crippen LogP contribution in [0.25, 0.3) is 27.7 Å². The molecule has 28 heavy (non-hydrogen) atoms. The number of rotatable bonds is 7. The monoisotopic (exact) mass is 387 g/mol. The van der Waals surface area contributed by atoms with Gasteiger partial charge in [0.1, 0.15) is 5.82 Å². The maximum absolute atomic E-state index is 6.35. The molecule has 3 N–H and O–H groups in total. The predicted molar refractivity (Wildman–Crippen MR) is 117 cm³/mol. The van der Waals surface area contributed by atoms with Crippen molar-refractivity contribution >= 4 is 33.4 Å². The van der Waals surface area contributed by atoms with Crippen LogP contribution in [0, 0.1) is 0 Å². The fourth-order valence-electron chi connectivity index (χ4n) is 3.05. The summed E-state index contributed by atoms with van der Waals surface area (Å²) in [4.78, 5) is 13.6. The van der Waals surface area contributed by atoms with Gasteiger partial charge in [-0.2, -0.15) is 0 Å². The normalized spacial score (nSPS) is 12.0. The molecule has 0 spiro atoms. The van der Waals surface area contributed by atoms with Crippen LogP contribution in [0.15, 0.2) is 66.8 Å². The van der Waals surface area contributed by atoms with E-state index in [1.807, 2.05) is 36.4 Å². The molecule has 0 fully saturated rings. The number of hydrogen-bond acceptors (Lipinski definition) is 6. The Balaban J connectivity index is 1.62. The SMILES string of the molecule is C=Cc1csc2c(NCC(N)Cc3ccccc3)nc(-c3ccncc3)nc12. The summed E-state index contributed by atoms with van der Waals surface area (Å²) in [5.41, 5.74) is 10.4. The molecule has 0 bridgehead atoms. The topological polar surface area (TPSA) is 76.7 Å². The van der Waals surface area contributed by atoms with E-state index in [-0.39, 0.29) is 6.04 Å². The Kier molecular flexibility index (Phi) is 5.41. The lowest BCUT2D eigenvalue weighted by molar-refractivity contribution is 0.698. The van der Waals surface area contributed by atoms with Gasteiger partial charge in [-0.15, -0.1) is 11.3 Å². The molecule has 1 unspecified atom stereocenters. The van der Waals surface area contributed by atoms with Crippen LogP contribution in [0.4, 0.5) is 5.82 Å². The van der Waals surface area contributed by atoms with Crippen LogP contribution < -0.4 is 11.1 Å². The van der Waals surface area contributed by atoms with Gasteiger partial charge < -0.3 is 11.1 Å². The molecular formula is C22H21N5S. The van der Waals surface area contributed by atoms with E-state index in [1.54, 1.807) is 23.7 Å². The van der Waals surface area contributed by atoms with Crippen LogP contribution in [0.1, 0.15) is 11.1 Å². The third kappa shape index (κ3) is 3.93. The molecule has 0 aliphatic rings. The Morgan fingerprint density at radius 2 is 1.89 bits per heavy atom. The summed E-state index contributed by atoms with van der Waals surface area (Å²) >= 11 is 1.61. The van der Waals surface area contributed by atoms with Gasteiger partial charge >= 0.3 is 0 Å². The summed E-state index contributed by atoms with van der Waals surface area (Å²) < 4.78 is 1.01. The number of nitrogens with zero attached hydrogens (tertiary/aromatic N) is 3. The van der Waals surface area contributed by atoms with Gasteiger partial charge in [0, 0.05) is 41.5 Å². The van der Waals surface area contributed by atoms with Crippen molar-refractivity contribution in [1.82, 2.24) is 15.0 Å². The summed E-state index contributed by atoms with van der Waals surface area (Å²) in [6, 6.07) is 14.1. The highest BCUT2D eigenvalue weighted by atomic mass is 32.1. The van der Waals surface area contributed by atoms with E-state index < -0.39 is 0 Å². The minimum atomic E-state index is -0.0179. The smallest absolute Gasteiger partial charge is 0.162 e. The fraction of sp³-hybridized carbons (Fsp3) is 0.136. The van der Waals surface area contributed by atoms with Crippen LogP contribution >= 0.6 is 11.3 Å². The molecule has 3 heterocycles. The molecule has 0 saturated carbocycles. The molecule has 0 amide bonds. The molecule has 4 aromatic rings. The van der Waals surface area contributed by atoms with Gasteiger partial charge in [0.05, 0.1) is 10.2 Å². The summed E-state index contributed by atoms with van der Waals surface area (Å²) in [6.45, 7) is 4.53. The van der Waals surface area contributed by atoms with Gasteiger partial charge in [0.25, 0.3) is 0 Å². The van der Waals surface area contributed by atoms with Crippen molar-refractivity contribution < 1.29 is 0 Å². The molecule has 0 aliphatic heterocycles. The largest absolute Gasteiger partial charge is 0.367 e. The number of nitrogens with two attached hydrogens (primary N) is 1. The minimum absolute atomic E-state index is 0.0179. The maximum Gasteiger partial charge on any atom is 0.162 e. The highest BCUT2D eigenvalue weighted by Crippen LogP contribution is 2.32. The van der Waals surface area contributed by atoms with E-state index in [2.05, 4.69) is 34.4 Å². The lowest BCUT2D eigenvalue weighted by Crippen LogP contribution is -2.31. The number of aromatic nitrogens is 3. The summed E-state index contributed by atoms with van der Waals surface area (Å²) in [5.74, 6) is 1.47. The Labute approximate surface area is 168 Å². The second kappa shape index (κ2) is 8.29. The number of benzene rings is 1. The number of thiophene rings is 1. The Morgan fingerprint density at radius 3 is 2.64 bits per heavy atom. The highest BCUT2D eigenvalue weighted by Gasteiger charge is 2.14. The van der Waals surface area contributed by atoms with Crippen molar-refractivity contribution in [2.75, 3.05) is 11.9 Å². The quantitative estimate of drug-likeness (QED) is 0.492. The van der Waals surface area contributed by atoms with Crippen molar-refractivity contribution in [3.05, 3.63) is 77.9 Å². The van der Waals surface area contributed by atoms with Crippen molar-refractivity contribution in [3.63, 3.8) is 0 Å². The number of pyridine rings is 1. The lowest BCUT2D eigenvalue weighted by atomic mass is 10.1. The number of hydrogen-bond donors (Lipinski definition) is 2. The van der Waals surface area contributed by atoms with Gasteiger partial charge in [0.2, 0.25) is 0 Å². The van der Waals surface area contributed by atoms with Gasteiger partial charge in [-0.1, -0.05) is 43.0 Å². The van der Waals surface area contributed by atoms with E-state index in [1.165, 1.54) is 5.56 Å². The van der Waals surface area contributed by atoms with Crippen molar-refractivity contribution in [1.29, 1.82) is 0 Å². The molecule has 5 nitrogen and oxygen atoms in total. The zero-order chi connectivity index (χ0) is 19.3. The molecule has 0 aliphatic carbocycles. The van der Waals surface area contributed by atoms with Crippen molar-refractivity contribution in [3.8, 4) is 11.4 Å². The molecular weight excluding hydrogens is 366 g/mol. The molecule has 0 saturated heterocycles. The van der Waals surface area contributed by atoms with Crippen LogP contribution in [-0.2, 0) is 6.42 Å².